The van der Waals surface area contributed by atoms with E-state index in [1.807, 2.05) is 42.5 Å². The van der Waals surface area contributed by atoms with E-state index in [4.69, 9.17) is 0 Å². The summed E-state index contributed by atoms with van der Waals surface area (Å²) in [5, 5.41) is 12.3. The van der Waals surface area contributed by atoms with E-state index in [0.717, 1.165) is 29.7 Å². The van der Waals surface area contributed by atoms with Gasteiger partial charge in [0, 0.05) is 5.69 Å². The van der Waals surface area contributed by atoms with Crippen molar-refractivity contribution in [2.75, 3.05) is 5.32 Å². The van der Waals surface area contributed by atoms with Gasteiger partial charge in [-0.2, -0.15) is 0 Å². The number of hydrogen-bond donors (Lipinski definition) is 2. The standard InChI is InChI=1S/C17H17NO2/c19-17(20)16(14-6-7-14)18-15-10-8-13(9-11-15)12-4-2-1-3-5-12/h1-5,8-11,14,16,18H,6-7H2,(H,19,20). The molecule has 20 heavy (non-hydrogen) atoms. The number of benzene rings is 2. The summed E-state index contributed by atoms with van der Waals surface area (Å²) in [5.74, 6) is -0.485. The van der Waals surface area contributed by atoms with E-state index >= 15 is 0 Å². The topological polar surface area (TPSA) is 49.3 Å². The molecule has 0 radical (unpaired) electrons. The molecule has 3 nitrogen and oxygen atoms in total. The van der Waals surface area contributed by atoms with Gasteiger partial charge in [0.05, 0.1) is 0 Å². The molecule has 0 amide bonds. The van der Waals surface area contributed by atoms with E-state index in [1.165, 1.54) is 0 Å². The van der Waals surface area contributed by atoms with E-state index in [0.29, 0.717) is 0 Å². The molecule has 0 heterocycles. The number of nitrogens with one attached hydrogen (secondary N) is 1. The van der Waals surface area contributed by atoms with Crippen LogP contribution < -0.4 is 5.32 Å². The van der Waals surface area contributed by atoms with Crippen LogP contribution in [0.1, 0.15) is 12.8 Å². The molecular formula is C17H17NO2. The molecule has 102 valence electrons. The van der Waals surface area contributed by atoms with Gasteiger partial charge in [0.25, 0.3) is 0 Å². The molecule has 0 aliphatic heterocycles. The normalized spacial score (nSPS) is 15.6. The molecule has 3 heteroatoms. The number of carbonyl (C=O) groups is 1. The monoisotopic (exact) mass is 267 g/mol. The van der Waals surface area contributed by atoms with Crippen molar-refractivity contribution >= 4 is 11.7 Å². The number of rotatable bonds is 5. The molecule has 0 bridgehead atoms. The lowest BCUT2D eigenvalue weighted by Gasteiger charge is -2.15. The van der Waals surface area contributed by atoms with Crippen LogP contribution in [0.4, 0.5) is 5.69 Å². The Hall–Kier alpha value is -2.29. The molecule has 2 aromatic carbocycles. The molecular weight excluding hydrogens is 250 g/mol. The van der Waals surface area contributed by atoms with Crippen LogP contribution in [0.15, 0.2) is 54.6 Å². The summed E-state index contributed by atoms with van der Waals surface area (Å²) < 4.78 is 0. The van der Waals surface area contributed by atoms with Crippen LogP contribution in [0, 0.1) is 5.92 Å². The van der Waals surface area contributed by atoms with Gasteiger partial charge in [-0.25, -0.2) is 4.79 Å². The molecule has 1 atom stereocenters. The summed E-state index contributed by atoms with van der Waals surface area (Å²) in [6.45, 7) is 0. The zero-order valence-electron chi connectivity index (χ0n) is 11.1. The largest absolute Gasteiger partial charge is 0.480 e. The van der Waals surface area contributed by atoms with Crippen LogP contribution >= 0.6 is 0 Å². The van der Waals surface area contributed by atoms with E-state index in [-0.39, 0.29) is 5.92 Å². The molecule has 2 N–H and O–H groups in total. The van der Waals surface area contributed by atoms with Crippen LogP contribution in [0.2, 0.25) is 0 Å². The fraction of sp³-hybridized carbons (Fsp3) is 0.235. The Labute approximate surface area is 118 Å². The third kappa shape index (κ3) is 2.82. The van der Waals surface area contributed by atoms with Gasteiger partial charge in [0.15, 0.2) is 0 Å². The first-order valence-electron chi connectivity index (χ1n) is 6.89. The van der Waals surface area contributed by atoms with Crippen LogP contribution in [-0.2, 0) is 4.79 Å². The second kappa shape index (κ2) is 5.37. The molecule has 1 aliphatic carbocycles. The lowest BCUT2D eigenvalue weighted by molar-refractivity contribution is -0.138. The Morgan fingerprint density at radius 3 is 2.15 bits per heavy atom. The highest BCUT2D eigenvalue weighted by molar-refractivity contribution is 5.78. The Balaban J connectivity index is 1.74. The maximum Gasteiger partial charge on any atom is 0.326 e. The first-order chi connectivity index (χ1) is 9.74. The fourth-order valence-electron chi connectivity index (χ4n) is 2.38. The minimum absolute atomic E-state index is 0.279. The highest BCUT2D eigenvalue weighted by atomic mass is 16.4. The molecule has 0 aromatic heterocycles. The molecule has 1 aliphatic rings. The number of hydrogen-bond acceptors (Lipinski definition) is 2. The van der Waals surface area contributed by atoms with Gasteiger partial charge < -0.3 is 10.4 Å². The summed E-state index contributed by atoms with van der Waals surface area (Å²) in [4.78, 5) is 11.2. The van der Waals surface area contributed by atoms with Gasteiger partial charge >= 0.3 is 5.97 Å². The predicted molar refractivity (Wildman–Crippen MR) is 79.6 cm³/mol. The summed E-state index contributed by atoms with van der Waals surface area (Å²) in [6.07, 6.45) is 2.01. The zero-order valence-corrected chi connectivity index (χ0v) is 11.1. The molecule has 0 saturated heterocycles. The smallest absolute Gasteiger partial charge is 0.326 e. The average Bonchev–Trinajstić information content (AvgIpc) is 3.30. The summed E-state index contributed by atoms with van der Waals surface area (Å²) >= 11 is 0. The first kappa shape index (κ1) is 12.7. The summed E-state index contributed by atoms with van der Waals surface area (Å²) in [7, 11) is 0. The Morgan fingerprint density at radius 2 is 1.60 bits per heavy atom. The lowest BCUT2D eigenvalue weighted by atomic mass is 10.1. The molecule has 1 unspecified atom stereocenters. The van der Waals surface area contributed by atoms with Crippen LogP contribution in [0.3, 0.4) is 0 Å². The van der Waals surface area contributed by atoms with E-state index < -0.39 is 12.0 Å². The number of carboxylic acids is 1. The maximum absolute atomic E-state index is 11.2. The van der Waals surface area contributed by atoms with Crippen molar-refractivity contribution in [3.8, 4) is 11.1 Å². The molecule has 2 aromatic rings. The third-order valence-corrected chi connectivity index (χ3v) is 3.67. The van der Waals surface area contributed by atoms with E-state index in [9.17, 15) is 9.90 Å². The lowest BCUT2D eigenvalue weighted by Crippen LogP contribution is -2.31. The minimum atomic E-state index is -0.764. The Kier molecular flexibility index (Phi) is 3.42. The number of aliphatic carboxylic acids is 1. The number of anilines is 1. The average molecular weight is 267 g/mol. The van der Waals surface area contributed by atoms with Gasteiger partial charge in [0.1, 0.15) is 6.04 Å². The fourth-order valence-corrected chi connectivity index (χ4v) is 2.38. The molecule has 3 rings (SSSR count). The number of carboxylic acid groups (broad SMARTS) is 1. The van der Waals surface area contributed by atoms with Crippen molar-refractivity contribution in [1.29, 1.82) is 0 Å². The van der Waals surface area contributed by atoms with Gasteiger partial charge in [-0.15, -0.1) is 0 Å². The van der Waals surface area contributed by atoms with Crippen LogP contribution in [0.25, 0.3) is 11.1 Å². The van der Waals surface area contributed by atoms with Gasteiger partial charge in [0.2, 0.25) is 0 Å². The summed E-state index contributed by atoms with van der Waals surface area (Å²) in [6, 6.07) is 17.6. The second-order valence-corrected chi connectivity index (χ2v) is 5.24. The predicted octanol–water partition coefficient (Wildman–Crippen LogP) is 3.63. The zero-order chi connectivity index (χ0) is 13.9. The maximum atomic E-state index is 11.2. The Bertz CT molecular complexity index is 588. The molecule has 1 saturated carbocycles. The second-order valence-electron chi connectivity index (χ2n) is 5.24. The quantitative estimate of drug-likeness (QED) is 0.869. The highest BCUT2D eigenvalue weighted by Crippen LogP contribution is 2.34. The van der Waals surface area contributed by atoms with Gasteiger partial charge in [-0.05, 0) is 42.0 Å². The molecule has 0 spiro atoms. The van der Waals surface area contributed by atoms with Crippen molar-refractivity contribution in [2.45, 2.75) is 18.9 Å². The van der Waals surface area contributed by atoms with Crippen LogP contribution in [-0.4, -0.2) is 17.1 Å². The Morgan fingerprint density at radius 1 is 1.00 bits per heavy atom. The minimum Gasteiger partial charge on any atom is -0.480 e. The van der Waals surface area contributed by atoms with Crippen molar-refractivity contribution in [3.05, 3.63) is 54.6 Å². The van der Waals surface area contributed by atoms with Crippen molar-refractivity contribution in [3.63, 3.8) is 0 Å². The van der Waals surface area contributed by atoms with E-state index in [2.05, 4.69) is 17.4 Å². The van der Waals surface area contributed by atoms with E-state index in [1.54, 1.807) is 0 Å². The van der Waals surface area contributed by atoms with Crippen LogP contribution in [0.5, 0.6) is 0 Å². The SMILES string of the molecule is O=C(O)C(Nc1ccc(-c2ccccc2)cc1)C1CC1. The summed E-state index contributed by atoms with van der Waals surface area (Å²) in [5.41, 5.74) is 3.16. The first-order valence-corrected chi connectivity index (χ1v) is 6.89. The third-order valence-electron chi connectivity index (χ3n) is 3.67. The highest BCUT2D eigenvalue weighted by Gasteiger charge is 2.36. The van der Waals surface area contributed by atoms with Crippen molar-refractivity contribution in [2.24, 2.45) is 5.92 Å². The molecule has 1 fully saturated rings. The van der Waals surface area contributed by atoms with Gasteiger partial charge in [-0.3, -0.25) is 0 Å². The van der Waals surface area contributed by atoms with Gasteiger partial charge in [-0.1, -0.05) is 42.5 Å². The van der Waals surface area contributed by atoms with Crippen molar-refractivity contribution < 1.29 is 9.90 Å². The van der Waals surface area contributed by atoms with Crippen molar-refractivity contribution in [1.82, 2.24) is 0 Å².